The fourth-order valence-electron chi connectivity index (χ4n) is 2.13. The van der Waals surface area contributed by atoms with Crippen LogP contribution in [0.5, 0.6) is 0 Å². The number of nitrogens with one attached hydrogen (secondary N) is 1. The van der Waals surface area contributed by atoms with Gasteiger partial charge in [0.25, 0.3) is 0 Å². The van der Waals surface area contributed by atoms with Crippen molar-refractivity contribution in [3.8, 4) is 0 Å². The van der Waals surface area contributed by atoms with Gasteiger partial charge in [-0.25, -0.2) is 10.8 Å². The second-order valence-electron chi connectivity index (χ2n) is 4.87. The van der Waals surface area contributed by atoms with Crippen LogP contribution in [0.25, 0.3) is 0 Å². The van der Waals surface area contributed by atoms with Gasteiger partial charge in [-0.2, -0.15) is 0 Å². The van der Waals surface area contributed by atoms with E-state index in [-0.39, 0.29) is 0 Å². The lowest BCUT2D eigenvalue weighted by atomic mass is 10.2. The van der Waals surface area contributed by atoms with Crippen LogP contribution in [-0.4, -0.2) is 23.0 Å². The molecular weight excluding hydrogens is 212 g/mol. The Morgan fingerprint density at radius 1 is 1.53 bits per heavy atom. The van der Waals surface area contributed by atoms with Gasteiger partial charge in [0.15, 0.2) is 0 Å². The van der Waals surface area contributed by atoms with E-state index in [9.17, 15) is 0 Å². The fourth-order valence-corrected chi connectivity index (χ4v) is 2.13. The van der Waals surface area contributed by atoms with E-state index >= 15 is 0 Å². The van der Waals surface area contributed by atoms with Crippen molar-refractivity contribution in [1.29, 1.82) is 0 Å². The van der Waals surface area contributed by atoms with Gasteiger partial charge >= 0.3 is 0 Å². The van der Waals surface area contributed by atoms with Crippen LogP contribution in [0.3, 0.4) is 0 Å². The Kier molecular flexibility index (Phi) is 4.34. The number of nitrogens with two attached hydrogens (primary N) is 1. The molecule has 1 saturated carbocycles. The maximum absolute atomic E-state index is 5.37. The first-order chi connectivity index (χ1) is 8.31. The maximum Gasteiger partial charge on any atom is 0.140 e. The lowest BCUT2D eigenvalue weighted by Crippen LogP contribution is -2.26. The summed E-state index contributed by atoms with van der Waals surface area (Å²) in [5.41, 5.74) is 3.88. The number of rotatable bonds is 7. The highest BCUT2D eigenvalue weighted by molar-refractivity contribution is 5.35. The fraction of sp³-hybridized carbons (Fsp3) is 0.615. The molecular formula is C13H22N4. The minimum Gasteiger partial charge on any atom is -0.308 e. The number of nitrogens with zero attached hydrogens (tertiary/aromatic N) is 2. The average Bonchev–Trinajstić information content (AvgIpc) is 3.13. The molecule has 0 saturated heterocycles. The number of hydrogen-bond donors (Lipinski definition) is 2. The van der Waals surface area contributed by atoms with Crippen molar-refractivity contribution in [2.24, 2.45) is 11.8 Å². The van der Waals surface area contributed by atoms with Crippen LogP contribution in [0.2, 0.25) is 0 Å². The van der Waals surface area contributed by atoms with Gasteiger partial charge in [-0.1, -0.05) is 6.92 Å². The van der Waals surface area contributed by atoms with Gasteiger partial charge in [-0.05, 0) is 49.4 Å². The van der Waals surface area contributed by atoms with Crippen LogP contribution in [0.4, 0.5) is 5.82 Å². The summed E-state index contributed by atoms with van der Waals surface area (Å²) >= 11 is 0. The smallest absolute Gasteiger partial charge is 0.140 e. The van der Waals surface area contributed by atoms with Gasteiger partial charge < -0.3 is 5.43 Å². The average molecular weight is 234 g/mol. The van der Waals surface area contributed by atoms with Crippen molar-refractivity contribution in [2.75, 3.05) is 18.5 Å². The summed E-state index contributed by atoms with van der Waals surface area (Å²) in [5, 5.41) is 0. The molecule has 0 radical (unpaired) electrons. The van der Waals surface area contributed by atoms with Crippen molar-refractivity contribution in [3.63, 3.8) is 0 Å². The molecule has 1 fully saturated rings. The molecule has 0 spiro atoms. The van der Waals surface area contributed by atoms with Gasteiger partial charge in [-0.15, -0.1) is 0 Å². The van der Waals surface area contributed by atoms with Crippen molar-refractivity contribution < 1.29 is 0 Å². The van der Waals surface area contributed by atoms with Crippen molar-refractivity contribution in [1.82, 2.24) is 9.88 Å². The minimum absolute atomic E-state index is 0.741. The molecule has 17 heavy (non-hydrogen) atoms. The van der Waals surface area contributed by atoms with Crippen LogP contribution in [0.1, 0.15) is 31.7 Å². The highest BCUT2D eigenvalue weighted by Crippen LogP contribution is 2.30. The van der Waals surface area contributed by atoms with E-state index in [1.807, 2.05) is 12.3 Å². The topological polar surface area (TPSA) is 54.2 Å². The highest BCUT2D eigenvalue weighted by atomic mass is 15.2. The molecule has 4 heteroatoms. The van der Waals surface area contributed by atoms with Crippen LogP contribution in [0.15, 0.2) is 18.3 Å². The zero-order valence-corrected chi connectivity index (χ0v) is 10.5. The van der Waals surface area contributed by atoms with E-state index in [1.165, 1.54) is 37.9 Å². The van der Waals surface area contributed by atoms with E-state index in [1.54, 1.807) is 0 Å². The van der Waals surface area contributed by atoms with Crippen molar-refractivity contribution in [2.45, 2.75) is 32.7 Å². The standard InChI is InChI=1S/C13H22N4/c1-2-7-17(9-11-3-4-11)10-12-5-6-15-13(8-12)16-14/h5-6,8,11H,2-4,7,9-10,14H2,1H3,(H,15,16). The monoisotopic (exact) mass is 234 g/mol. The number of nitrogen functional groups attached to an aromatic ring is 1. The van der Waals surface area contributed by atoms with Gasteiger partial charge in [0.1, 0.15) is 5.82 Å². The van der Waals surface area contributed by atoms with E-state index < -0.39 is 0 Å². The Balaban J connectivity index is 1.94. The van der Waals surface area contributed by atoms with Gasteiger partial charge in [0, 0.05) is 19.3 Å². The largest absolute Gasteiger partial charge is 0.308 e. The Hall–Kier alpha value is -1.13. The molecule has 0 unspecified atom stereocenters. The first-order valence-corrected chi connectivity index (χ1v) is 6.45. The molecule has 2 rings (SSSR count). The van der Waals surface area contributed by atoms with Crippen LogP contribution < -0.4 is 11.3 Å². The molecule has 0 aliphatic heterocycles. The van der Waals surface area contributed by atoms with Crippen LogP contribution in [-0.2, 0) is 6.54 Å². The Labute approximate surface area is 103 Å². The summed E-state index contributed by atoms with van der Waals surface area (Å²) in [5.74, 6) is 7.05. The number of hydrazine groups is 1. The van der Waals surface area contributed by atoms with Gasteiger partial charge in [0.05, 0.1) is 0 Å². The number of aromatic nitrogens is 1. The third kappa shape index (κ3) is 3.98. The molecule has 0 atom stereocenters. The second kappa shape index (κ2) is 5.98. The second-order valence-corrected chi connectivity index (χ2v) is 4.87. The Morgan fingerprint density at radius 3 is 3.00 bits per heavy atom. The Bertz CT molecular complexity index is 349. The van der Waals surface area contributed by atoms with Crippen molar-refractivity contribution in [3.05, 3.63) is 23.9 Å². The molecule has 3 N–H and O–H groups in total. The number of pyridine rings is 1. The third-order valence-electron chi connectivity index (χ3n) is 3.13. The summed E-state index contributed by atoms with van der Waals surface area (Å²) in [6, 6.07) is 4.09. The minimum atomic E-state index is 0.741. The van der Waals surface area contributed by atoms with Crippen molar-refractivity contribution >= 4 is 5.82 Å². The van der Waals surface area contributed by atoms with Crippen LogP contribution >= 0.6 is 0 Å². The van der Waals surface area contributed by atoms with E-state index in [2.05, 4.69) is 28.3 Å². The summed E-state index contributed by atoms with van der Waals surface area (Å²) in [6.07, 6.45) is 5.84. The number of anilines is 1. The van der Waals surface area contributed by atoms with Gasteiger partial charge in [-0.3, -0.25) is 4.90 Å². The predicted octanol–water partition coefficient (Wildman–Crippen LogP) is 1.99. The maximum atomic E-state index is 5.37. The predicted molar refractivity (Wildman–Crippen MR) is 70.3 cm³/mol. The molecule has 94 valence electrons. The molecule has 0 bridgehead atoms. The molecule has 1 aliphatic rings. The molecule has 1 aliphatic carbocycles. The zero-order valence-electron chi connectivity index (χ0n) is 10.5. The molecule has 1 aromatic heterocycles. The lowest BCUT2D eigenvalue weighted by Gasteiger charge is -2.21. The van der Waals surface area contributed by atoms with Gasteiger partial charge in [0.2, 0.25) is 0 Å². The molecule has 0 aromatic carbocycles. The van der Waals surface area contributed by atoms with E-state index in [0.29, 0.717) is 0 Å². The number of hydrogen-bond acceptors (Lipinski definition) is 4. The lowest BCUT2D eigenvalue weighted by molar-refractivity contribution is 0.255. The first kappa shape index (κ1) is 12.3. The highest BCUT2D eigenvalue weighted by Gasteiger charge is 2.23. The first-order valence-electron chi connectivity index (χ1n) is 6.45. The SMILES string of the molecule is CCCN(Cc1ccnc(NN)c1)CC1CC1. The molecule has 1 heterocycles. The molecule has 1 aromatic rings. The third-order valence-corrected chi connectivity index (χ3v) is 3.13. The Morgan fingerprint density at radius 2 is 2.35 bits per heavy atom. The van der Waals surface area contributed by atoms with Crippen LogP contribution in [0, 0.1) is 5.92 Å². The quantitative estimate of drug-likeness (QED) is 0.559. The summed E-state index contributed by atoms with van der Waals surface area (Å²) in [6.45, 7) is 5.65. The normalized spacial score (nSPS) is 15.2. The summed E-state index contributed by atoms with van der Waals surface area (Å²) in [7, 11) is 0. The molecule has 0 amide bonds. The van der Waals surface area contributed by atoms with E-state index in [0.717, 1.165) is 18.3 Å². The molecule has 4 nitrogen and oxygen atoms in total. The zero-order chi connectivity index (χ0) is 12.1. The summed E-state index contributed by atoms with van der Waals surface area (Å²) < 4.78 is 0. The van der Waals surface area contributed by atoms with E-state index in [4.69, 9.17) is 5.84 Å². The summed E-state index contributed by atoms with van der Waals surface area (Å²) in [4.78, 5) is 6.66.